The SMILES string of the molecule is CCCCCCCC[Si](O[Si](C)C)c1ccccc1. The average Bonchev–Trinajstić information content (AvgIpc) is 2.42. The lowest BCUT2D eigenvalue weighted by Gasteiger charge is -2.18. The van der Waals surface area contributed by atoms with Crippen molar-refractivity contribution < 1.29 is 4.12 Å². The van der Waals surface area contributed by atoms with Gasteiger partial charge in [-0.1, -0.05) is 75.8 Å². The van der Waals surface area contributed by atoms with Gasteiger partial charge in [-0.3, -0.25) is 0 Å². The smallest absolute Gasteiger partial charge is 0.234 e. The second-order valence-corrected chi connectivity index (χ2v) is 9.87. The van der Waals surface area contributed by atoms with E-state index < -0.39 is 18.1 Å². The lowest BCUT2D eigenvalue weighted by atomic mass is 10.1. The highest BCUT2D eigenvalue weighted by Crippen LogP contribution is 2.10. The quantitative estimate of drug-likeness (QED) is 0.455. The molecule has 0 aliphatic rings. The molecule has 1 rings (SSSR count). The molecule has 2 radical (unpaired) electrons. The second kappa shape index (κ2) is 10.4. The van der Waals surface area contributed by atoms with E-state index in [0.717, 1.165) is 0 Å². The van der Waals surface area contributed by atoms with Gasteiger partial charge in [0.05, 0.1) is 0 Å². The maximum Gasteiger partial charge on any atom is 0.234 e. The highest BCUT2D eigenvalue weighted by atomic mass is 28.4. The summed E-state index contributed by atoms with van der Waals surface area (Å²) in [6, 6.07) is 12.1. The lowest BCUT2D eigenvalue weighted by Crippen LogP contribution is -2.36. The van der Waals surface area contributed by atoms with Gasteiger partial charge in [0, 0.05) is 0 Å². The summed E-state index contributed by atoms with van der Waals surface area (Å²) in [5.41, 5.74) is 0. The van der Waals surface area contributed by atoms with Gasteiger partial charge in [0.15, 0.2) is 9.04 Å². The van der Waals surface area contributed by atoms with Gasteiger partial charge in [-0.05, 0) is 24.3 Å². The Kier molecular flexibility index (Phi) is 9.13. The minimum atomic E-state index is -0.769. The van der Waals surface area contributed by atoms with Gasteiger partial charge in [-0.15, -0.1) is 0 Å². The zero-order chi connectivity index (χ0) is 13.9. The Bertz CT molecular complexity index is 314. The molecule has 0 unspecified atom stereocenters. The predicted octanol–water partition coefficient (Wildman–Crippen LogP) is 4.51. The monoisotopic (exact) mass is 292 g/mol. The molecule has 0 atom stereocenters. The summed E-state index contributed by atoms with van der Waals surface area (Å²) >= 11 is 0. The van der Waals surface area contributed by atoms with Crippen LogP contribution < -0.4 is 5.19 Å². The highest BCUT2D eigenvalue weighted by molar-refractivity contribution is 6.74. The molecule has 0 saturated carbocycles. The fraction of sp³-hybridized carbons (Fsp3) is 0.625. The van der Waals surface area contributed by atoms with Crippen molar-refractivity contribution in [2.24, 2.45) is 0 Å². The van der Waals surface area contributed by atoms with E-state index in [1.165, 1.54) is 49.8 Å². The Balaban J connectivity index is 2.34. The molecule has 1 aromatic rings. The van der Waals surface area contributed by atoms with Crippen molar-refractivity contribution in [3.05, 3.63) is 30.3 Å². The van der Waals surface area contributed by atoms with Crippen molar-refractivity contribution in [2.75, 3.05) is 0 Å². The van der Waals surface area contributed by atoms with E-state index in [9.17, 15) is 0 Å². The standard InChI is InChI=1S/C16H28OSi2/c1-4-5-6-7-8-12-15-19(17-18(2)3)16-13-10-9-11-14-16/h9-11,13-14H,4-8,12,15H2,1-3H3. The van der Waals surface area contributed by atoms with E-state index in [-0.39, 0.29) is 0 Å². The first-order valence-corrected chi connectivity index (χ1v) is 11.7. The van der Waals surface area contributed by atoms with E-state index in [2.05, 4.69) is 50.3 Å². The van der Waals surface area contributed by atoms with Crippen molar-refractivity contribution in [3.63, 3.8) is 0 Å². The third kappa shape index (κ3) is 7.70. The molecule has 1 nitrogen and oxygen atoms in total. The summed E-state index contributed by atoms with van der Waals surface area (Å²) in [5.74, 6) is 0. The van der Waals surface area contributed by atoms with E-state index in [0.29, 0.717) is 0 Å². The van der Waals surface area contributed by atoms with Crippen LogP contribution in [0.1, 0.15) is 45.4 Å². The molecule has 0 amide bonds. The molecular weight excluding hydrogens is 264 g/mol. The second-order valence-electron chi connectivity index (χ2n) is 5.32. The molecular formula is C16H28OSi2. The first-order valence-electron chi connectivity index (χ1n) is 7.63. The van der Waals surface area contributed by atoms with Gasteiger partial charge in [0.2, 0.25) is 9.04 Å². The largest absolute Gasteiger partial charge is 0.452 e. The van der Waals surface area contributed by atoms with Crippen LogP contribution in [-0.2, 0) is 4.12 Å². The first-order chi connectivity index (χ1) is 9.24. The minimum absolute atomic E-state index is 0.586. The first kappa shape index (κ1) is 16.7. The fourth-order valence-corrected chi connectivity index (χ4v) is 6.47. The lowest BCUT2D eigenvalue weighted by molar-refractivity contribution is 0.582. The summed E-state index contributed by atoms with van der Waals surface area (Å²) < 4.78 is 6.27. The molecule has 0 heterocycles. The van der Waals surface area contributed by atoms with Crippen LogP contribution in [0.15, 0.2) is 30.3 Å². The maximum absolute atomic E-state index is 6.27. The van der Waals surface area contributed by atoms with Crippen molar-refractivity contribution in [1.82, 2.24) is 0 Å². The summed E-state index contributed by atoms with van der Waals surface area (Å²) in [7, 11) is -1.35. The summed E-state index contributed by atoms with van der Waals surface area (Å²) in [6.45, 7) is 6.77. The van der Waals surface area contributed by atoms with Crippen LogP contribution in [0.5, 0.6) is 0 Å². The van der Waals surface area contributed by atoms with E-state index in [4.69, 9.17) is 4.12 Å². The van der Waals surface area contributed by atoms with Crippen molar-refractivity contribution >= 4 is 23.3 Å². The summed E-state index contributed by atoms with van der Waals surface area (Å²) in [5, 5.41) is 1.45. The molecule has 3 heteroatoms. The highest BCUT2D eigenvalue weighted by Gasteiger charge is 2.17. The molecule has 0 aliphatic heterocycles. The molecule has 0 spiro atoms. The number of rotatable bonds is 10. The average molecular weight is 293 g/mol. The molecule has 0 fully saturated rings. The molecule has 0 saturated heterocycles. The number of unbranched alkanes of at least 4 members (excludes halogenated alkanes) is 5. The molecule has 0 N–H and O–H groups in total. The number of hydrogen-bond acceptors (Lipinski definition) is 1. The maximum atomic E-state index is 6.27. The Morgan fingerprint density at radius 1 is 0.895 bits per heavy atom. The van der Waals surface area contributed by atoms with Crippen LogP contribution in [-0.4, -0.2) is 18.1 Å². The predicted molar refractivity (Wildman–Crippen MR) is 88.6 cm³/mol. The number of hydrogen-bond donors (Lipinski definition) is 0. The Hall–Kier alpha value is -0.386. The van der Waals surface area contributed by atoms with Gasteiger partial charge in [0.25, 0.3) is 0 Å². The van der Waals surface area contributed by atoms with Crippen LogP contribution >= 0.6 is 0 Å². The van der Waals surface area contributed by atoms with Crippen molar-refractivity contribution in [1.29, 1.82) is 0 Å². The summed E-state index contributed by atoms with van der Waals surface area (Å²) in [4.78, 5) is 0. The molecule has 0 aromatic heterocycles. The van der Waals surface area contributed by atoms with Gasteiger partial charge in [-0.2, -0.15) is 0 Å². The third-order valence-electron chi connectivity index (χ3n) is 3.18. The van der Waals surface area contributed by atoms with Crippen LogP contribution in [0.25, 0.3) is 0 Å². The zero-order valence-corrected chi connectivity index (χ0v) is 14.7. The Morgan fingerprint density at radius 2 is 1.53 bits per heavy atom. The fourth-order valence-electron chi connectivity index (χ4n) is 2.19. The zero-order valence-electron chi connectivity index (χ0n) is 12.7. The van der Waals surface area contributed by atoms with E-state index in [1.54, 1.807) is 0 Å². The minimum Gasteiger partial charge on any atom is -0.452 e. The van der Waals surface area contributed by atoms with Crippen LogP contribution in [0.4, 0.5) is 0 Å². The molecule has 0 bridgehead atoms. The van der Waals surface area contributed by atoms with Gasteiger partial charge in [0.1, 0.15) is 0 Å². The topological polar surface area (TPSA) is 9.23 Å². The molecule has 19 heavy (non-hydrogen) atoms. The normalized spacial score (nSPS) is 11.4. The van der Waals surface area contributed by atoms with Crippen LogP contribution in [0.3, 0.4) is 0 Å². The van der Waals surface area contributed by atoms with Gasteiger partial charge < -0.3 is 4.12 Å². The Labute approximate surface area is 122 Å². The van der Waals surface area contributed by atoms with Crippen molar-refractivity contribution in [2.45, 2.75) is 64.6 Å². The van der Waals surface area contributed by atoms with Crippen molar-refractivity contribution in [3.8, 4) is 0 Å². The van der Waals surface area contributed by atoms with Crippen LogP contribution in [0, 0.1) is 0 Å². The van der Waals surface area contributed by atoms with Gasteiger partial charge in [-0.25, -0.2) is 0 Å². The van der Waals surface area contributed by atoms with Crippen LogP contribution in [0.2, 0.25) is 19.1 Å². The Morgan fingerprint density at radius 3 is 2.16 bits per heavy atom. The van der Waals surface area contributed by atoms with E-state index in [1.807, 2.05) is 0 Å². The number of benzene rings is 1. The van der Waals surface area contributed by atoms with E-state index >= 15 is 0 Å². The molecule has 106 valence electrons. The third-order valence-corrected chi connectivity index (χ3v) is 7.58. The molecule has 0 aliphatic carbocycles. The van der Waals surface area contributed by atoms with Gasteiger partial charge >= 0.3 is 0 Å². The molecule has 1 aromatic carbocycles. The summed E-state index contributed by atoms with van der Waals surface area (Å²) in [6.07, 6.45) is 8.24.